The van der Waals surface area contributed by atoms with Crippen molar-refractivity contribution < 1.29 is 0 Å². The van der Waals surface area contributed by atoms with Gasteiger partial charge in [-0.3, -0.25) is 0 Å². The summed E-state index contributed by atoms with van der Waals surface area (Å²) >= 11 is 0. The molecule has 0 atom stereocenters. The molecule has 0 aromatic heterocycles. The van der Waals surface area contributed by atoms with E-state index in [9.17, 15) is 0 Å². The number of rotatable bonds is 6. The summed E-state index contributed by atoms with van der Waals surface area (Å²) in [6, 6.07) is 74.8. The van der Waals surface area contributed by atoms with Crippen LogP contribution < -0.4 is 0 Å². The molecule has 0 unspecified atom stereocenters. The lowest BCUT2D eigenvalue weighted by atomic mass is 9.80. The molecule has 0 N–H and O–H groups in total. The molecule has 0 amide bonds. The van der Waals surface area contributed by atoms with Gasteiger partial charge in [-0.15, -0.1) is 0 Å². The Bertz CT molecular complexity index is 3670. The van der Waals surface area contributed by atoms with E-state index in [2.05, 4.69) is 218 Å². The largest absolute Gasteiger partial charge is 0.0795 e. The van der Waals surface area contributed by atoms with E-state index in [1.54, 1.807) is 0 Å². The summed E-state index contributed by atoms with van der Waals surface area (Å²) in [6.07, 6.45) is 9.06. The highest BCUT2D eigenvalue weighted by molar-refractivity contribution is 6.25. The fourth-order valence-electron chi connectivity index (χ4n) is 10.6. The smallest absolute Gasteiger partial charge is 0.00206 e. The standard InChI is InChI=1S/C62H40/c1-8-39-22-24-43-26-30-55(57-32-28-41(10-1)59(39)61(43)57)53-20-6-18-51(37-53)49-16-4-14-47(35-49)45-12-3-13-46(34-45)48-15-5-17-50(36-48)52-19-7-21-54(38-52)56-31-27-44-25-23-40-9-2-11-42-29-33-58(56)62(44)60(40)42/h1-8,10-24,26-38H,9,25H2. The molecule has 0 heterocycles. The second-order valence-electron chi connectivity index (χ2n) is 17.1. The minimum atomic E-state index is 1.01. The van der Waals surface area contributed by atoms with Crippen LogP contribution >= 0.6 is 0 Å². The molecular weight excluding hydrogens is 745 g/mol. The molecule has 2 aliphatic rings. The van der Waals surface area contributed by atoms with Crippen LogP contribution in [0.2, 0.25) is 0 Å². The van der Waals surface area contributed by atoms with Crippen molar-refractivity contribution in [3.05, 3.63) is 229 Å². The van der Waals surface area contributed by atoms with Crippen LogP contribution in [0.3, 0.4) is 0 Å². The summed E-state index contributed by atoms with van der Waals surface area (Å²) in [5, 5.41) is 10.7. The molecule has 13 rings (SSSR count). The number of benzene rings is 11. The van der Waals surface area contributed by atoms with Crippen molar-refractivity contribution in [3.8, 4) is 66.8 Å². The van der Waals surface area contributed by atoms with Crippen LogP contribution in [0, 0.1) is 0 Å². The van der Waals surface area contributed by atoms with E-state index in [0.29, 0.717) is 0 Å². The first-order chi connectivity index (χ1) is 30.7. The monoisotopic (exact) mass is 784 g/mol. The van der Waals surface area contributed by atoms with E-state index in [1.165, 1.54) is 132 Å². The molecule has 11 aromatic rings. The van der Waals surface area contributed by atoms with Gasteiger partial charge in [-0.1, -0.05) is 188 Å². The first kappa shape index (κ1) is 35.0. The van der Waals surface area contributed by atoms with Crippen molar-refractivity contribution in [3.63, 3.8) is 0 Å². The predicted octanol–water partition coefficient (Wildman–Crippen LogP) is 17.1. The summed E-state index contributed by atoms with van der Waals surface area (Å²) in [7, 11) is 0. The zero-order chi connectivity index (χ0) is 40.7. The average Bonchev–Trinajstić information content (AvgIpc) is 3.35. The van der Waals surface area contributed by atoms with Crippen LogP contribution in [0.4, 0.5) is 0 Å². The Morgan fingerprint density at radius 3 is 1.29 bits per heavy atom. The lowest BCUT2D eigenvalue weighted by Gasteiger charge is -2.24. The lowest BCUT2D eigenvalue weighted by molar-refractivity contribution is 1.23. The van der Waals surface area contributed by atoms with Gasteiger partial charge in [0.25, 0.3) is 0 Å². The minimum Gasteiger partial charge on any atom is -0.0795 e. The molecule has 0 heteroatoms. The molecule has 0 nitrogen and oxygen atoms in total. The zero-order valence-electron chi connectivity index (χ0n) is 34.2. The maximum atomic E-state index is 2.43. The quantitative estimate of drug-likeness (QED) is 0.147. The maximum absolute atomic E-state index is 2.43. The molecule has 2 aliphatic carbocycles. The summed E-state index contributed by atoms with van der Waals surface area (Å²) in [6.45, 7) is 0. The van der Waals surface area contributed by atoms with Crippen LogP contribution in [0.5, 0.6) is 0 Å². The number of hydrogen-bond acceptors (Lipinski definition) is 0. The molecule has 0 fully saturated rings. The van der Waals surface area contributed by atoms with E-state index in [1.807, 2.05) is 0 Å². The third kappa shape index (κ3) is 5.61. The Labute approximate surface area is 361 Å². The molecular formula is C62H40. The van der Waals surface area contributed by atoms with Crippen LogP contribution in [0.25, 0.3) is 122 Å². The highest BCUT2D eigenvalue weighted by atomic mass is 14.3. The topological polar surface area (TPSA) is 0 Å². The first-order valence-corrected chi connectivity index (χ1v) is 21.8. The van der Waals surface area contributed by atoms with E-state index in [-0.39, 0.29) is 0 Å². The van der Waals surface area contributed by atoms with Crippen molar-refractivity contribution in [2.24, 2.45) is 0 Å². The molecule has 0 saturated heterocycles. The summed E-state index contributed by atoms with van der Waals surface area (Å²) in [4.78, 5) is 0. The third-order valence-electron chi connectivity index (χ3n) is 13.6. The van der Waals surface area contributed by atoms with Crippen LogP contribution in [-0.4, -0.2) is 0 Å². The van der Waals surface area contributed by atoms with Gasteiger partial charge in [-0.25, -0.2) is 0 Å². The third-order valence-corrected chi connectivity index (χ3v) is 13.6. The van der Waals surface area contributed by atoms with Crippen molar-refractivity contribution in [2.75, 3.05) is 0 Å². The highest BCUT2D eigenvalue weighted by Gasteiger charge is 2.21. The molecule has 0 aliphatic heterocycles. The highest BCUT2D eigenvalue weighted by Crippen LogP contribution is 2.44. The molecule has 0 spiro atoms. The Morgan fingerprint density at radius 2 is 0.726 bits per heavy atom. The van der Waals surface area contributed by atoms with Crippen LogP contribution in [0.1, 0.15) is 23.1 Å². The van der Waals surface area contributed by atoms with E-state index >= 15 is 0 Å². The normalized spacial score (nSPS) is 13.1. The summed E-state index contributed by atoms with van der Waals surface area (Å²) in [5.41, 5.74) is 20.5. The van der Waals surface area contributed by atoms with Gasteiger partial charge >= 0.3 is 0 Å². The van der Waals surface area contributed by atoms with E-state index in [4.69, 9.17) is 0 Å². The van der Waals surface area contributed by atoms with Gasteiger partial charge in [-0.2, -0.15) is 0 Å². The molecule has 62 heavy (non-hydrogen) atoms. The Hall–Kier alpha value is -7.80. The van der Waals surface area contributed by atoms with Gasteiger partial charge in [0, 0.05) is 0 Å². The first-order valence-electron chi connectivity index (χ1n) is 21.8. The zero-order valence-corrected chi connectivity index (χ0v) is 34.2. The predicted molar refractivity (Wildman–Crippen MR) is 266 cm³/mol. The van der Waals surface area contributed by atoms with Gasteiger partial charge in [-0.05, 0) is 175 Å². The van der Waals surface area contributed by atoms with Crippen LogP contribution in [-0.2, 0) is 6.42 Å². The van der Waals surface area contributed by atoms with Crippen molar-refractivity contribution in [1.29, 1.82) is 0 Å². The molecule has 0 radical (unpaired) electrons. The summed E-state index contributed by atoms with van der Waals surface area (Å²) in [5.74, 6) is 0. The fourth-order valence-corrected chi connectivity index (χ4v) is 10.6. The SMILES string of the molecule is C1=Cc2ccc3c(-c4cccc(-c5cccc(-c6cccc(-c7cccc(-c8cccc(-c9ccc%10ccc%11cccc%12ccc9c%10c%11%12)c8)c7)c6)c5)c4)ccc4c3c2C(=CC4)C1. The van der Waals surface area contributed by atoms with E-state index < -0.39 is 0 Å². The molecule has 0 bridgehead atoms. The van der Waals surface area contributed by atoms with Gasteiger partial charge in [0.2, 0.25) is 0 Å². The van der Waals surface area contributed by atoms with E-state index in [0.717, 1.165) is 12.8 Å². The van der Waals surface area contributed by atoms with Crippen molar-refractivity contribution >= 4 is 54.7 Å². The Kier molecular flexibility index (Phi) is 7.84. The van der Waals surface area contributed by atoms with Gasteiger partial charge in [0.05, 0.1) is 0 Å². The Balaban J connectivity index is 0.820. The number of hydrogen-bond donors (Lipinski definition) is 0. The minimum absolute atomic E-state index is 1.01. The molecule has 0 saturated carbocycles. The van der Waals surface area contributed by atoms with Crippen molar-refractivity contribution in [1.82, 2.24) is 0 Å². The average molecular weight is 785 g/mol. The Morgan fingerprint density at radius 1 is 0.306 bits per heavy atom. The van der Waals surface area contributed by atoms with Crippen LogP contribution in [0.15, 0.2) is 212 Å². The lowest BCUT2D eigenvalue weighted by Crippen LogP contribution is -2.03. The molecule has 288 valence electrons. The second kappa shape index (κ2) is 13.9. The number of allylic oxidation sites excluding steroid dienone is 3. The van der Waals surface area contributed by atoms with Crippen molar-refractivity contribution in [2.45, 2.75) is 12.8 Å². The fraction of sp³-hybridized carbons (Fsp3) is 0.0323. The molecule has 11 aromatic carbocycles. The summed E-state index contributed by atoms with van der Waals surface area (Å²) < 4.78 is 0. The van der Waals surface area contributed by atoms with Gasteiger partial charge < -0.3 is 0 Å². The van der Waals surface area contributed by atoms with Gasteiger partial charge in [0.15, 0.2) is 0 Å². The van der Waals surface area contributed by atoms with Gasteiger partial charge in [0.1, 0.15) is 0 Å². The maximum Gasteiger partial charge on any atom is -0.00206 e. The second-order valence-corrected chi connectivity index (χ2v) is 17.1.